The first-order valence-corrected chi connectivity index (χ1v) is 10.3. The van der Waals surface area contributed by atoms with Crippen LogP contribution in [-0.2, 0) is 22.7 Å². The Hall–Kier alpha value is -2.70. The highest BCUT2D eigenvalue weighted by atomic mass is 16.5. The van der Waals surface area contributed by atoms with Gasteiger partial charge in [0.25, 0.3) is 0 Å². The molecule has 29 heavy (non-hydrogen) atoms. The molecule has 0 bridgehead atoms. The average molecular weight is 393 g/mol. The minimum Gasteiger partial charge on any atom is -0.372 e. The number of ether oxygens (including phenoxy) is 1. The van der Waals surface area contributed by atoms with E-state index in [1.807, 2.05) is 42.6 Å². The maximum absolute atomic E-state index is 13.0. The minimum atomic E-state index is 0.0399. The lowest BCUT2D eigenvalue weighted by Gasteiger charge is -2.27. The number of carbonyl (C=O) groups is 1. The van der Waals surface area contributed by atoms with Gasteiger partial charge in [0, 0.05) is 29.3 Å². The molecule has 0 unspecified atom stereocenters. The molecule has 1 fully saturated rings. The molecule has 2 heterocycles. The zero-order chi connectivity index (χ0) is 20.1. The van der Waals surface area contributed by atoms with Crippen LogP contribution in [0.1, 0.15) is 36.8 Å². The summed E-state index contributed by atoms with van der Waals surface area (Å²) in [6.45, 7) is 1.62. The lowest BCUT2D eigenvalue weighted by Crippen LogP contribution is -2.29. The zero-order valence-electron chi connectivity index (χ0n) is 16.6. The summed E-state index contributed by atoms with van der Waals surface area (Å²) in [4.78, 5) is 20.5. The van der Waals surface area contributed by atoms with Gasteiger partial charge < -0.3 is 20.8 Å². The number of carbonyl (C=O) groups excluding carboxylic acids is 1. The molecular formula is C23H28N4O2. The molecule has 0 aliphatic heterocycles. The molecule has 3 aromatic rings. The van der Waals surface area contributed by atoms with Crippen molar-refractivity contribution in [1.82, 2.24) is 9.97 Å². The van der Waals surface area contributed by atoms with E-state index >= 15 is 0 Å². The van der Waals surface area contributed by atoms with Gasteiger partial charge in [-0.15, -0.1) is 0 Å². The van der Waals surface area contributed by atoms with Crippen LogP contribution in [0.4, 0.5) is 5.69 Å². The van der Waals surface area contributed by atoms with Gasteiger partial charge in [-0.1, -0.05) is 30.3 Å². The molecule has 6 heteroatoms. The van der Waals surface area contributed by atoms with Crippen LogP contribution in [0, 0.1) is 11.8 Å². The smallest absolute Gasteiger partial charge is 0.227 e. The summed E-state index contributed by atoms with van der Waals surface area (Å²) in [5, 5.41) is 4.09. The fourth-order valence-electron chi connectivity index (χ4n) is 4.04. The Balaban J connectivity index is 1.47. The molecule has 2 aromatic heterocycles. The van der Waals surface area contributed by atoms with E-state index in [1.165, 1.54) is 0 Å². The second-order valence-corrected chi connectivity index (χ2v) is 7.82. The van der Waals surface area contributed by atoms with Crippen molar-refractivity contribution < 1.29 is 9.53 Å². The lowest BCUT2D eigenvalue weighted by molar-refractivity contribution is -0.121. The summed E-state index contributed by atoms with van der Waals surface area (Å²) >= 11 is 0. The van der Waals surface area contributed by atoms with E-state index in [1.54, 1.807) is 6.20 Å². The van der Waals surface area contributed by atoms with E-state index in [0.29, 0.717) is 25.7 Å². The van der Waals surface area contributed by atoms with Crippen molar-refractivity contribution in [2.75, 3.05) is 11.9 Å². The minimum absolute atomic E-state index is 0.0399. The number of nitrogens with one attached hydrogen (secondary N) is 2. The molecular weight excluding hydrogens is 364 g/mol. The number of nitrogens with two attached hydrogens (primary N) is 1. The predicted molar refractivity (Wildman–Crippen MR) is 114 cm³/mol. The standard InChI is InChI=1S/C23H28N4O2/c24-12-16-6-8-18(9-7-16)23(28)27-21-19(13-26-22-20(21)10-11-25-22)15-29-14-17-4-2-1-3-5-17/h1-5,10-11,13,16,18H,6-9,12,14-15,24H2,(H2,25,26,27,28)/t16-,18-. The van der Waals surface area contributed by atoms with Crippen molar-refractivity contribution in [2.24, 2.45) is 17.6 Å². The third-order valence-electron chi connectivity index (χ3n) is 5.83. The number of amides is 1. The number of hydrogen-bond donors (Lipinski definition) is 3. The van der Waals surface area contributed by atoms with Gasteiger partial charge in [0.15, 0.2) is 0 Å². The first kappa shape index (κ1) is 19.6. The van der Waals surface area contributed by atoms with E-state index in [-0.39, 0.29) is 11.8 Å². The summed E-state index contributed by atoms with van der Waals surface area (Å²) in [6, 6.07) is 12.0. The Morgan fingerprint density at radius 2 is 1.93 bits per heavy atom. The molecule has 1 aromatic carbocycles. The van der Waals surface area contributed by atoms with Gasteiger partial charge in [-0.2, -0.15) is 0 Å². The molecule has 1 amide bonds. The van der Waals surface area contributed by atoms with Gasteiger partial charge in [0.1, 0.15) is 5.65 Å². The predicted octanol–water partition coefficient (Wildman–Crippen LogP) is 3.98. The van der Waals surface area contributed by atoms with Crippen molar-refractivity contribution in [1.29, 1.82) is 0 Å². The Bertz CT molecular complexity index is 946. The third-order valence-corrected chi connectivity index (χ3v) is 5.83. The maximum Gasteiger partial charge on any atom is 0.227 e. The molecule has 152 valence electrons. The molecule has 1 aliphatic rings. The largest absolute Gasteiger partial charge is 0.372 e. The molecule has 4 rings (SSSR count). The molecule has 6 nitrogen and oxygen atoms in total. The Labute approximate surface area is 170 Å². The number of aromatic nitrogens is 2. The summed E-state index contributed by atoms with van der Waals surface area (Å²) in [5.74, 6) is 0.676. The van der Waals surface area contributed by atoms with Crippen LogP contribution in [0.3, 0.4) is 0 Å². The van der Waals surface area contributed by atoms with Gasteiger partial charge >= 0.3 is 0 Å². The summed E-state index contributed by atoms with van der Waals surface area (Å²) in [7, 11) is 0. The van der Waals surface area contributed by atoms with E-state index in [4.69, 9.17) is 10.5 Å². The van der Waals surface area contributed by atoms with Crippen molar-refractivity contribution in [3.05, 3.63) is 59.9 Å². The van der Waals surface area contributed by atoms with Crippen LogP contribution in [0.5, 0.6) is 0 Å². The number of hydrogen-bond acceptors (Lipinski definition) is 4. The molecule has 1 saturated carbocycles. The number of pyridine rings is 1. The fraction of sp³-hybridized carbons (Fsp3) is 0.391. The van der Waals surface area contributed by atoms with E-state index in [0.717, 1.165) is 53.5 Å². The molecule has 1 aliphatic carbocycles. The molecule has 0 radical (unpaired) electrons. The first-order chi connectivity index (χ1) is 14.2. The third kappa shape index (κ3) is 4.66. The number of benzene rings is 1. The number of anilines is 1. The number of nitrogens with zero attached hydrogens (tertiary/aromatic N) is 1. The zero-order valence-corrected chi connectivity index (χ0v) is 16.6. The highest BCUT2D eigenvalue weighted by Crippen LogP contribution is 2.31. The van der Waals surface area contributed by atoms with Gasteiger partial charge in [-0.3, -0.25) is 4.79 Å². The maximum atomic E-state index is 13.0. The first-order valence-electron chi connectivity index (χ1n) is 10.3. The van der Waals surface area contributed by atoms with Crippen molar-refractivity contribution in [3.8, 4) is 0 Å². The van der Waals surface area contributed by atoms with Gasteiger partial charge in [0.05, 0.1) is 18.9 Å². The topological polar surface area (TPSA) is 93.0 Å². The molecule has 0 saturated heterocycles. The van der Waals surface area contributed by atoms with Gasteiger partial charge in [0.2, 0.25) is 5.91 Å². The van der Waals surface area contributed by atoms with Crippen LogP contribution in [-0.4, -0.2) is 22.4 Å². The Kier molecular flexibility index (Phi) is 6.22. The van der Waals surface area contributed by atoms with E-state index < -0.39 is 0 Å². The van der Waals surface area contributed by atoms with Crippen LogP contribution in [0.2, 0.25) is 0 Å². The van der Waals surface area contributed by atoms with E-state index in [9.17, 15) is 4.79 Å². The highest BCUT2D eigenvalue weighted by molar-refractivity contribution is 6.02. The SMILES string of the molecule is NC[C@H]1CC[C@H](C(=O)Nc2c(COCc3ccccc3)cnc3[nH]ccc23)CC1. The molecule has 0 spiro atoms. The number of rotatable bonds is 7. The van der Waals surface area contributed by atoms with Crippen molar-refractivity contribution in [3.63, 3.8) is 0 Å². The quantitative estimate of drug-likeness (QED) is 0.567. The number of aromatic amines is 1. The summed E-state index contributed by atoms with van der Waals surface area (Å²) in [6.07, 6.45) is 7.47. The second kappa shape index (κ2) is 9.20. The van der Waals surface area contributed by atoms with Crippen LogP contribution < -0.4 is 11.1 Å². The van der Waals surface area contributed by atoms with Gasteiger partial charge in [-0.25, -0.2) is 4.98 Å². The summed E-state index contributed by atoms with van der Waals surface area (Å²) in [5.41, 5.74) is 9.35. The van der Waals surface area contributed by atoms with Crippen molar-refractivity contribution >= 4 is 22.6 Å². The second-order valence-electron chi connectivity index (χ2n) is 7.82. The Morgan fingerprint density at radius 3 is 2.69 bits per heavy atom. The molecule has 0 atom stereocenters. The van der Waals surface area contributed by atoms with Crippen molar-refractivity contribution in [2.45, 2.75) is 38.9 Å². The molecule has 4 N–H and O–H groups in total. The van der Waals surface area contributed by atoms with Crippen LogP contribution >= 0.6 is 0 Å². The monoisotopic (exact) mass is 392 g/mol. The Morgan fingerprint density at radius 1 is 1.14 bits per heavy atom. The van der Waals surface area contributed by atoms with E-state index in [2.05, 4.69) is 15.3 Å². The summed E-state index contributed by atoms with van der Waals surface area (Å²) < 4.78 is 5.91. The lowest BCUT2D eigenvalue weighted by atomic mass is 9.81. The van der Waals surface area contributed by atoms with Gasteiger partial charge in [-0.05, 0) is 49.8 Å². The average Bonchev–Trinajstić information content (AvgIpc) is 3.25. The number of H-pyrrole nitrogens is 1. The normalized spacial score (nSPS) is 19.3. The van der Waals surface area contributed by atoms with Crippen LogP contribution in [0.15, 0.2) is 48.8 Å². The number of fused-ring (bicyclic) bond motifs is 1. The van der Waals surface area contributed by atoms with Crippen LogP contribution in [0.25, 0.3) is 11.0 Å². The highest BCUT2D eigenvalue weighted by Gasteiger charge is 2.26. The fourth-order valence-corrected chi connectivity index (χ4v) is 4.04.